The fourth-order valence-electron chi connectivity index (χ4n) is 2.52. The number of rotatable bonds is 3. The number of phenols is 3. The second-order valence-corrected chi connectivity index (χ2v) is 5.17. The molecule has 0 saturated carbocycles. The van der Waals surface area contributed by atoms with Crippen LogP contribution >= 0.6 is 0 Å². The summed E-state index contributed by atoms with van der Waals surface area (Å²) in [5.41, 5.74) is -0.885. The van der Waals surface area contributed by atoms with Crippen LogP contribution in [0.25, 0.3) is 22.3 Å². The Bertz CT molecular complexity index is 1040. The van der Waals surface area contributed by atoms with Crippen LogP contribution < -0.4 is 14.9 Å². The number of fused-ring (bicyclic) bond motifs is 1. The zero-order valence-corrected chi connectivity index (χ0v) is 13.2. The molecule has 0 amide bonds. The van der Waals surface area contributed by atoms with Crippen molar-refractivity contribution in [3.8, 4) is 45.8 Å². The smallest absolute Gasteiger partial charge is 0.238 e. The predicted molar refractivity (Wildman–Crippen MR) is 87.7 cm³/mol. The lowest BCUT2D eigenvalue weighted by Gasteiger charge is -2.13. The van der Waals surface area contributed by atoms with Crippen LogP contribution in [0.2, 0.25) is 0 Å². The topological polar surface area (TPSA) is 130 Å². The van der Waals surface area contributed by atoms with Crippen molar-refractivity contribution in [3.63, 3.8) is 0 Å². The highest BCUT2D eigenvalue weighted by molar-refractivity contribution is 5.89. The molecule has 0 fully saturated rings. The number of hydrogen-bond donors (Lipinski definition) is 4. The summed E-state index contributed by atoms with van der Waals surface area (Å²) >= 11 is 0. The van der Waals surface area contributed by atoms with E-state index in [4.69, 9.17) is 13.9 Å². The van der Waals surface area contributed by atoms with Gasteiger partial charge in [0.25, 0.3) is 0 Å². The molecule has 0 saturated heterocycles. The van der Waals surface area contributed by atoms with Gasteiger partial charge in [-0.05, 0) is 6.07 Å². The lowest BCUT2D eigenvalue weighted by molar-refractivity contribution is 0.365. The van der Waals surface area contributed by atoms with Gasteiger partial charge in [-0.3, -0.25) is 4.79 Å². The molecule has 4 N–H and O–H groups in total. The standard InChI is InChI=1S/C17H14O8/c1-23-11-6-9(19)12(24-2)5-8(11)17-16(22)15(21)14-10(20)3-7(18)4-13(14)25-17/h3-6,18-20,22H,1-2H3. The predicted octanol–water partition coefficient (Wildman–Crippen LogP) is 2.30. The molecule has 3 rings (SSSR count). The molecule has 0 atom stereocenters. The average Bonchev–Trinajstić information content (AvgIpc) is 2.57. The van der Waals surface area contributed by atoms with Crippen LogP contribution in [0.1, 0.15) is 0 Å². The summed E-state index contributed by atoms with van der Waals surface area (Å²) in [5.74, 6) is -1.91. The van der Waals surface area contributed by atoms with Gasteiger partial charge in [0.15, 0.2) is 17.3 Å². The van der Waals surface area contributed by atoms with Crippen molar-refractivity contribution in [1.82, 2.24) is 0 Å². The van der Waals surface area contributed by atoms with Crippen molar-refractivity contribution in [3.05, 3.63) is 34.5 Å². The van der Waals surface area contributed by atoms with E-state index in [-0.39, 0.29) is 45.3 Å². The Morgan fingerprint density at radius 1 is 0.880 bits per heavy atom. The van der Waals surface area contributed by atoms with Crippen molar-refractivity contribution in [1.29, 1.82) is 0 Å². The minimum atomic E-state index is -0.886. The Kier molecular flexibility index (Phi) is 3.80. The first kappa shape index (κ1) is 16.3. The Morgan fingerprint density at radius 3 is 2.20 bits per heavy atom. The average molecular weight is 346 g/mol. The van der Waals surface area contributed by atoms with Crippen molar-refractivity contribution in [2.45, 2.75) is 0 Å². The molecule has 0 aliphatic heterocycles. The van der Waals surface area contributed by atoms with Gasteiger partial charge >= 0.3 is 0 Å². The van der Waals surface area contributed by atoms with Gasteiger partial charge in [-0.1, -0.05) is 0 Å². The highest BCUT2D eigenvalue weighted by atomic mass is 16.5. The van der Waals surface area contributed by atoms with Crippen LogP contribution in [0.15, 0.2) is 33.5 Å². The molecule has 8 heteroatoms. The first-order valence-corrected chi connectivity index (χ1v) is 7.04. The van der Waals surface area contributed by atoms with Crippen LogP contribution in [0.4, 0.5) is 0 Å². The van der Waals surface area contributed by atoms with Crippen molar-refractivity contribution in [2.24, 2.45) is 0 Å². The van der Waals surface area contributed by atoms with Crippen molar-refractivity contribution >= 4 is 11.0 Å². The molecule has 2 aromatic carbocycles. The quantitative estimate of drug-likeness (QED) is 0.568. The van der Waals surface area contributed by atoms with Gasteiger partial charge in [0.2, 0.25) is 11.2 Å². The molecule has 8 nitrogen and oxygen atoms in total. The number of hydrogen-bond acceptors (Lipinski definition) is 8. The highest BCUT2D eigenvalue weighted by Gasteiger charge is 2.22. The summed E-state index contributed by atoms with van der Waals surface area (Å²) < 4.78 is 15.7. The summed E-state index contributed by atoms with van der Waals surface area (Å²) in [4.78, 5) is 12.4. The molecule has 0 radical (unpaired) electrons. The van der Waals surface area contributed by atoms with E-state index in [1.807, 2.05) is 0 Å². The molecule has 25 heavy (non-hydrogen) atoms. The zero-order valence-electron chi connectivity index (χ0n) is 13.2. The molecule has 1 heterocycles. The van der Waals surface area contributed by atoms with E-state index in [0.29, 0.717) is 0 Å². The molecule has 1 aromatic heterocycles. The molecule has 0 aliphatic rings. The summed E-state index contributed by atoms with van der Waals surface area (Å²) in [6, 6.07) is 4.64. The van der Waals surface area contributed by atoms with Gasteiger partial charge in [-0.15, -0.1) is 0 Å². The largest absolute Gasteiger partial charge is 0.508 e. The summed E-state index contributed by atoms with van der Waals surface area (Å²) in [7, 11) is 2.66. The first-order chi connectivity index (χ1) is 11.9. The van der Waals surface area contributed by atoms with Crippen molar-refractivity contribution < 1.29 is 34.3 Å². The maximum Gasteiger partial charge on any atom is 0.238 e. The second-order valence-electron chi connectivity index (χ2n) is 5.17. The van der Waals surface area contributed by atoms with Crippen LogP contribution in [0, 0.1) is 0 Å². The fourth-order valence-corrected chi connectivity index (χ4v) is 2.52. The maximum absolute atomic E-state index is 12.4. The summed E-state index contributed by atoms with van der Waals surface area (Å²) in [5, 5.41) is 39.2. The van der Waals surface area contributed by atoms with E-state index < -0.39 is 16.9 Å². The fraction of sp³-hybridized carbons (Fsp3) is 0.118. The van der Waals surface area contributed by atoms with Gasteiger partial charge < -0.3 is 34.3 Å². The van der Waals surface area contributed by atoms with E-state index in [1.54, 1.807) is 0 Å². The van der Waals surface area contributed by atoms with E-state index in [0.717, 1.165) is 12.1 Å². The van der Waals surface area contributed by atoms with Gasteiger partial charge in [-0.2, -0.15) is 0 Å². The minimum absolute atomic E-state index is 0.0664. The molecular formula is C17H14O8. The van der Waals surface area contributed by atoms with Gasteiger partial charge in [0.1, 0.15) is 28.2 Å². The third kappa shape index (κ3) is 2.53. The van der Waals surface area contributed by atoms with E-state index in [9.17, 15) is 25.2 Å². The highest BCUT2D eigenvalue weighted by Crippen LogP contribution is 2.43. The SMILES string of the molecule is COc1cc(-c2oc3cc(O)cc(O)c3c(=O)c2O)c(OC)cc1O. The zero-order chi connectivity index (χ0) is 18.3. The van der Waals surface area contributed by atoms with Gasteiger partial charge in [-0.25, -0.2) is 0 Å². The molecule has 130 valence electrons. The number of methoxy groups -OCH3 is 2. The lowest BCUT2D eigenvalue weighted by Crippen LogP contribution is -2.03. The third-order valence-corrected chi connectivity index (χ3v) is 3.68. The molecule has 0 spiro atoms. The van der Waals surface area contributed by atoms with Gasteiger partial charge in [0, 0.05) is 18.2 Å². The maximum atomic E-state index is 12.4. The number of aromatic hydroxyl groups is 4. The third-order valence-electron chi connectivity index (χ3n) is 3.68. The molecule has 3 aromatic rings. The normalized spacial score (nSPS) is 10.8. The lowest BCUT2D eigenvalue weighted by atomic mass is 10.1. The Balaban J connectivity index is 2.41. The van der Waals surface area contributed by atoms with Crippen LogP contribution in [0.5, 0.6) is 34.5 Å². The van der Waals surface area contributed by atoms with E-state index >= 15 is 0 Å². The molecule has 0 bridgehead atoms. The van der Waals surface area contributed by atoms with E-state index in [1.165, 1.54) is 26.4 Å². The second kappa shape index (κ2) is 5.82. The first-order valence-electron chi connectivity index (χ1n) is 7.04. The molecule has 0 aliphatic carbocycles. The summed E-state index contributed by atoms with van der Waals surface area (Å²) in [6.07, 6.45) is 0. The minimum Gasteiger partial charge on any atom is -0.508 e. The Labute approximate surface area is 140 Å². The van der Waals surface area contributed by atoms with Crippen LogP contribution in [-0.4, -0.2) is 34.6 Å². The monoisotopic (exact) mass is 346 g/mol. The number of benzene rings is 2. The van der Waals surface area contributed by atoms with E-state index in [2.05, 4.69) is 0 Å². The van der Waals surface area contributed by atoms with Crippen LogP contribution in [0.3, 0.4) is 0 Å². The van der Waals surface area contributed by atoms with Crippen molar-refractivity contribution in [2.75, 3.05) is 14.2 Å². The number of phenolic OH excluding ortho intramolecular Hbond substituents is 3. The van der Waals surface area contributed by atoms with Gasteiger partial charge in [0.05, 0.1) is 19.8 Å². The van der Waals surface area contributed by atoms with Crippen LogP contribution in [-0.2, 0) is 0 Å². The Hall–Kier alpha value is -3.55. The molecular weight excluding hydrogens is 332 g/mol. The Morgan fingerprint density at radius 2 is 1.56 bits per heavy atom. The summed E-state index contributed by atoms with van der Waals surface area (Å²) in [6.45, 7) is 0. The molecule has 0 unspecified atom stereocenters. The number of ether oxygens (including phenoxy) is 2.